The molecule has 0 radical (unpaired) electrons. The number of fused-ring (bicyclic) bond motifs is 4. The molecule has 0 spiro atoms. The fourth-order valence-electron chi connectivity index (χ4n) is 4.38. The molecule has 0 fully saturated rings. The van der Waals surface area contributed by atoms with Gasteiger partial charge in [0.15, 0.2) is 5.75 Å². The second kappa shape index (κ2) is 8.91. The molecule has 0 saturated carbocycles. The molecule has 0 atom stereocenters. The smallest absolute Gasteiger partial charge is 0.159 e. The van der Waals surface area contributed by atoms with Gasteiger partial charge in [-0.1, -0.05) is 45.2 Å². The molecule has 31 heavy (non-hydrogen) atoms. The summed E-state index contributed by atoms with van der Waals surface area (Å²) >= 11 is 20.2. The highest BCUT2D eigenvalue weighted by atomic mass is 79.9. The third-order valence-electron chi connectivity index (χ3n) is 5.74. The zero-order chi connectivity index (χ0) is 21.5. The largest absolute Gasteiger partial charge is 0.488 e. The number of halogens is 4. The lowest BCUT2D eigenvalue weighted by Crippen LogP contribution is -2.18. The zero-order valence-electron chi connectivity index (χ0n) is 16.5. The standard InChI is InChI=1S/C23H19Br2Cl2N3O/c24-15-12-16(25)23(22-13(15)2-1-7-29-22)31-11-10-30-18-6-9-28-8-5-14(18)20-19(30)4-3-17(26)21(20)27/h1-4,7,12,28H,5-6,8-11H2. The predicted octanol–water partition coefficient (Wildman–Crippen LogP) is 6.79. The molecule has 0 unspecified atom stereocenters. The Labute approximate surface area is 207 Å². The van der Waals surface area contributed by atoms with Crippen LogP contribution in [0.5, 0.6) is 5.75 Å². The molecule has 0 amide bonds. The van der Waals surface area contributed by atoms with Crippen LogP contribution in [-0.4, -0.2) is 29.2 Å². The lowest BCUT2D eigenvalue weighted by Gasteiger charge is -2.15. The number of aromatic nitrogens is 2. The van der Waals surface area contributed by atoms with Crippen LogP contribution in [0.2, 0.25) is 10.0 Å². The van der Waals surface area contributed by atoms with Crippen molar-refractivity contribution < 1.29 is 4.74 Å². The molecule has 2 aromatic heterocycles. The molecule has 0 saturated heterocycles. The SMILES string of the molecule is Clc1ccc2c(c1Cl)c1c(n2CCOc2c(Br)cc(Br)c3cccnc23)CCNCC1. The van der Waals surface area contributed by atoms with Crippen LogP contribution in [0.25, 0.3) is 21.8 Å². The second-order valence-corrected chi connectivity index (χ2v) is 9.99. The van der Waals surface area contributed by atoms with Gasteiger partial charge in [0.2, 0.25) is 0 Å². The summed E-state index contributed by atoms with van der Waals surface area (Å²) in [5.41, 5.74) is 4.55. The molecule has 0 aliphatic carbocycles. The van der Waals surface area contributed by atoms with Crippen molar-refractivity contribution in [2.75, 3.05) is 19.7 Å². The lowest BCUT2D eigenvalue weighted by molar-refractivity contribution is 0.300. The van der Waals surface area contributed by atoms with Gasteiger partial charge in [0.05, 0.1) is 26.6 Å². The van der Waals surface area contributed by atoms with Crippen molar-refractivity contribution >= 4 is 76.9 Å². The molecule has 1 N–H and O–H groups in total. The molecule has 8 heteroatoms. The van der Waals surface area contributed by atoms with E-state index in [1.807, 2.05) is 24.3 Å². The minimum atomic E-state index is 0.510. The highest BCUT2D eigenvalue weighted by Gasteiger charge is 2.22. The molecule has 3 heterocycles. The Morgan fingerprint density at radius 2 is 1.94 bits per heavy atom. The Balaban J connectivity index is 1.51. The average Bonchev–Trinajstić information content (AvgIpc) is 2.89. The topological polar surface area (TPSA) is 39.1 Å². The average molecular weight is 584 g/mol. The van der Waals surface area contributed by atoms with Crippen molar-refractivity contribution in [1.82, 2.24) is 14.9 Å². The number of nitrogens with zero attached hydrogens (tertiary/aromatic N) is 2. The summed E-state index contributed by atoms with van der Waals surface area (Å²) in [6, 6.07) is 9.91. The number of pyridine rings is 1. The van der Waals surface area contributed by atoms with E-state index in [1.54, 1.807) is 6.20 Å². The van der Waals surface area contributed by atoms with Crippen molar-refractivity contribution in [3.63, 3.8) is 0 Å². The van der Waals surface area contributed by atoms with E-state index in [4.69, 9.17) is 27.9 Å². The Kier molecular flexibility index (Phi) is 6.19. The second-order valence-electron chi connectivity index (χ2n) is 7.50. The summed E-state index contributed by atoms with van der Waals surface area (Å²) in [6.45, 7) is 3.10. The molecule has 4 aromatic rings. The number of ether oxygens (including phenoxy) is 1. The van der Waals surface area contributed by atoms with E-state index in [9.17, 15) is 0 Å². The summed E-state index contributed by atoms with van der Waals surface area (Å²) in [4.78, 5) is 4.54. The summed E-state index contributed by atoms with van der Waals surface area (Å²) in [6.07, 6.45) is 3.67. The van der Waals surface area contributed by atoms with Crippen molar-refractivity contribution in [2.24, 2.45) is 0 Å². The van der Waals surface area contributed by atoms with Gasteiger partial charge in [-0.3, -0.25) is 4.98 Å². The molecular weight excluding hydrogens is 565 g/mol. The van der Waals surface area contributed by atoms with E-state index in [2.05, 4.69) is 52.8 Å². The fourth-order valence-corrected chi connectivity index (χ4v) is 6.20. The normalized spacial score (nSPS) is 14.1. The van der Waals surface area contributed by atoms with Crippen LogP contribution in [0, 0.1) is 0 Å². The first-order valence-corrected chi connectivity index (χ1v) is 12.4. The van der Waals surface area contributed by atoms with Crippen molar-refractivity contribution in [1.29, 1.82) is 0 Å². The minimum Gasteiger partial charge on any atom is -0.488 e. The van der Waals surface area contributed by atoms with Gasteiger partial charge in [-0.15, -0.1) is 0 Å². The van der Waals surface area contributed by atoms with Crippen LogP contribution >= 0.6 is 55.1 Å². The zero-order valence-corrected chi connectivity index (χ0v) is 21.2. The summed E-state index contributed by atoms with van der Waals surface area (Å²) in [7, 11) is 0. The van der Waals surface area contributed by atoms with Crippen molar-refractivity contribution in [3.05, 3.63) is 66.8 Å². The molecule has 2 aromatic carbocycles. The van der Waals surface area contributed by atoms with E-state index in [0.717, 1.165) is 62.4 Å². The summed E-state index contributed by atoms with van der Waals surface area (Å²) in [5.74, 6) is 0.754. The van der Waals surface area contributed by atoms with E-state index in [1.165, 1.54) is 11.3 Å². The first-order valence-electron chi connectivity index (χ1n) is 10.1. The number of hydrogen-bond acceptors (Lipinski definition) is 3. The minimum absolute atomic E-state index is 0.510. The molecular formula is C23H19Br2Cl2N3O. The first-order chi connectivity index (χ1) is 15.1. The Hall–Kier alpha value is -1.31. The highest BCUT2D eigenvalue weighted by Crippen LogP contribution is 2.39. The van der Waals surface area contributed by atoms with Gasteiger partial charge in [-0.25, -0.2) is 0 Å². The predicted molar refractivity (Wildman–Crippen MR) is 135 cm³/mol. The van der Waals surface area contributed by atoms with Gasteiger partial charge in [0.1, 0.15) is 12.1 Å². The molecule has 160 valence electrons. The third kappa shape index (κ3) is 3.87. The molecule has 1 aliphatic heterocycles. The lowest BCUT2D eigenvalue weighted by atomic mass is 10.1. The van der Waals surface area contributed by atoms with E-state index in [0.29, 0.717) is 23.2 Å². The van der Waals surface area contributed by atoms with Crippen LogP contribution in [0.1, 0.15) is 11.3 Å². The van der Waals surface area contributed by atoms with Gasteiger partial charge < -0.3 is 14.6 Å². The van der Waals surface area contributed by atoms with Gasteiger partial charge in [0, 0.05) is 40.1 Å². The maximum atomic E-state index is 6.64. The van der Waals surface area contributed by atoms with Crippen LogP contribution in [0.15, 0.2) is 45.5 Å². The molecule has 1 aliphatic rings. The number of benzene rings is 2. The van der Waals surface area contributed by atoms with Gasteiger partial charge in [-0.2, -0.15) is 0 Å². The van der Waals surface area contributed by atoms with Crippen LogP contribution < -0.4 is 10.1 Å². The van der Waals surface area contributed by atoms with Gasteiger partial charge in [0.25, 0.3) is 0 Å². The highest BCUT2D eigenvalue weighted by molar-refractivity contribution is 9.11. The Morgan fingerprint density at radius 3 is 2.81 bits per heavy atom. The van der Waals surface area contributed by atoms with E-state index >= 15 is 0 Å². The van der Waals surface area contributed by atoms with Crippen molar-refractivity contribution in [2.45, 2.75) is 19.4 Å². The quantitative estimate of drug-likeness (QED) is 0.288. The monoisotopic (exact) mass is 581 g/mol. The Bertz CT molecular complexity index is 1310. The van der Waals surface area contributed by atoms with Gasteiger partial charge in [-0.05, 0) is 58.7 Å². The van der Waals surface area contributed by atoms with Gasteiger partial charge >= 0.3 is 0 Å². The molecule has 0 bridgehead atoms. The van der Waals surface area contributed by atoms with Crippen LogP contribution in [-0.2, 0) is 19.4 Å². The summed E-state index contributed by atoms with van der Waals surface area (Å²) < 4.78 is 10.5. The van der Waals surface area contributed by atoms with Crippen LogP contribution in [0.3, 0.4) is 0 Å². The Morgan fingerprint density at radius 1 is 1.10 bits per heavy atom. The number of hydrogen-bond donors (Lipinski definition) is 1. The van der Waals surface area contributed by atoms with Crippen molar-refractivity contribution in [3.8, 4) is 5.75 Å². The molecule has 5 rings (SSSR count). The van der Waals surface area contributed by atoms with E-state index in [-0.39, 0.29) is 0 Å². The fraction of sp³-hybridized carbons (Fsp3) is 0.261. The summed E-state index contributed by atoms with van der Waals surface area (Å²) in [5, 5.41) is 6.81. The molecule has 4 nitrogen and oxygen atoms in total. The number of rotatable bonds is 4. The number of nitrogens with one attached hydrogen (secondary N) is 1. The third-order valence-corrected chi connectivity index (χ3v) is 7.79. The first kappa shape index (κ1) is 21.5. The van der Waals surface area contributed by atoms with E-state index < -0.39 is 0 Å². The maximum Gasteiger partial charge on any atom is 0.159 e. The maximum absolute atomic E-state index is 6.64. The van der Waals surface area contributed by atoms with Crippen LogP contribution in [0.4, 0.5) is 0 Å².